The maximum Gasteiger partial charge on any atom is 0.309 e. The Hall–Kier alpha value is -1.12. The Bertz CT molecular complexity index is 293. The second kappa shape index (κ2) is 3.56. The van der Waals surface area contributed by atoms with Crippen molar-refractivity contribution in [2.45, 2.75) is 19.3 Å². The molecule has 2 aliphatic carbocycles. The molecule has 1 saturated carbocycles. The van der Waals surface area contributed by atoms with Gasteiger partial charge in [0.15, 0.2) is 0 Å². The third-order valence-corrected chi connectivity index (χ3v) is 3.27. The maximum absolute atomic E-state index is 11.8. The van der Waals surface area contributed by atoms with Gasteiger partial charge in [-0.15, -0.1) is 0 Å². The van der Waals surface area contributed by atoms with E-state index in [2.05, 4.69) is 0 Å². The van der Waals surface area contributed by atoms with Crippen LogP contribution >= 0.6 is 0 Å². The first-order valence-electron chi connectivity index (χ1n) is 5.02. The fourth-order valence-electron chi connectivity index (χ4n) is 2.47. The quantitative estimate of drug-likeness (QED) is 0.467. The minimum Gasteiger partial charge on any atom is -0.469 e. The number of methoxy groups -OCH3 is 1. The molecule has 3 nitrogen and oxygen atoms in total. The lowest BCUT2D eigenvalue weighted by Crippen LogP contribution is -2.40. The number of rotatable bonds is 1. The van der Waals surface area contributed by atoms with Gasteiger partial charge in [-0.1, -0.05) is 12.2 Å². The summed E-state index contributed by atoms with van der Waals surface area (Å²) in [5, 5.41) is 0. The Morgan fingerprint density at radius 2 is 2.29 bits per heavy atom. The Morgan fingerprint density at radius 3 is 3.00 bits per heavy atom. The molecule has 2 bridgehead atoms. The third-order valence-electron chi connectivity index (χ3n) is 3.27. The zero-order chi connectivity index (χ0) is 10.1. The third kappa shape index (κ3) is 1.37. The minimum atomic E-state index is -0.225. The van der Waals surface area contributed by atoms with Crippen LogP contribution in [0.3, 0.4) is 0 Å². The Balaban J connectivity index is 2.20. The van der Waals surface area contributed by atoms with Crippen LogP contribution in [-0.4, -0.2) is 18.9 Å². The molecule has 0 amide bonds. The van der Waals surface area contributed by atoms with Crippen molar-refractivity contribution in [2.24, 2.45) is 17.8 Å². The molecule has 2 rings (SSSR count). The lowest BCUT2D eigenvalue weighted by molar-refractivity contribution is -0.153. The zero-order valence-corrected chi connectivity index (χ0v) is 8.23. The van der Waals surface area contributed by atoms with E-state index in [1.165, 1.54) is 7.11 Å². The molecular weight excluding hydrogens is 180 g/mol. The van der Waals surface area contributed by atoms with Gasteiger partial charge in [0.2, 0.25) is 0 Å². The molecule has 1 fully saturated rings. The van der Waals surface area contributed by atoms with E-state index >= 15 is 0 Å². The average molecular weight is 194 g/mol. The number of esters is 1. The molecule has 3 atom stereocenters. The molecule has 0 N–H and O–H groups in total. The van der Waals surface area contributed by atoms with E-state index in [1.54, 1.807) is 0 Å². The highest BCUT2D eigenvalue weighted by Gasteiger charge is 2.42. The predicted molar refractivity (Wildman–Crippen MR) is 50.5 cm³/mol. The van der Waals surface area contributed by atoms with Crippen LogP contribution in [0.2, 0.25) is 0 Å². The molecule has 0 aromatic carbocycles. The second-order valence-electron chi connectivity index (χ2n) is 3.99. The van der Waals surface area contributed by atoms with Gasteiger partial charge in [0, 0.05) is 11.8 Å². The maximum atomic E-state index is 11.8. The topological polar surface area (TPSA) is 43.4 Å². The summed E-state index contributed by atoms with van der Waals surface area (Å²) >= 11 is 0. The van der Waals surface area contributed by atoms with Gasteiger partial charge in [-0.05, 0) is 19.3 Å². The Morgan fingerprint density at radius 1 is 1.50 bits per heavy atom. The largest absolute Gasteiger partial charge is 0.469 e. The van der Waals surface area contributed by atoms with Crippen LogP contribution in [0.1, 0.15) is 19.3 Å². The van der Waals surface area contributed by atoms with Gasteiger partial charge in [0.1, 0.15) is 5.78 Å². The van der Waals surface area contributed by atoms with Gasteiger partial charge in [-0.2, -0.15) is 0 Å². The van der Waals surface area contributed by atoms with Crippen LogP contribution in [0.15, 0.2) is 12.2 Å². The summed E-state index contributed by atoms with van der Waals surface area (Å²) in [7, 11) is 1.39. The van der Waals surface area contributed by atoms with Crippen LogP contribution in [0.4, 0.5) is 0 Å². The molecule has 0 aromatic rings. The Labute approximate surface area is 83.1 Å². The summed E-state index contributed by atoms with van der Waals surface area (Å²) in [5.41, 5.74) is 0. The van der Waals surface area contributed by atoms with Crippen LogP contribution in [0.5, 0.6) is 0 Å². The van der Waals surface area contributed by atoms with E-state index in [-0.39, 0.29) is 29.5 Å². The highest BCUT2D eigenvalue weighted by atomic mass is 16.5. The molecule has 0 radical (unpaired) electrons. The molecule has 1 unspecified atom stereocenters. The number of ketones is 1. The molecule has 0 aliphatic heterocycles. The van der Waals surface area contributed by atoms with E-state index in [9.17, 15) is 9.59 Å². The van der Waals surface area contributed by atoms with Crippen LogP contribution in [0.25, 0.3) is 0 Å². The van der Waals surface area contributed by atoms with Crippen molar-refractivity contribution in [1.29, 1.82) is 0 Å². The molecule has 0 saturated heterocycles. The minimum absolute atomic E-state index is 0.0645. The summed E-state index contributed by atoms with van der Waals surface area (Å²) < 4.78 is 4.71. The van der Waals surface area contributed by atoms with Crippen molar-refractivity contribution in [1.82, 2.24) is 0 Å². The molecular formula is C11H14O3. The van der Waals surface area contributed by atoms with Crippen LogP contribution in [0, 0.1) is 17.8 Å². The lowest BCUT2D eigenvalue weighted by atomic mass is 9.69. The van der Waals surface area contributed by atoms with Gasteiger partial charge in [0.05, 0.1) is 13.0 Å². The first kappa shape index (κ1) is 9.44. The highest BCUT2D eigenvalue weighted by molar-refractivity contribution is 5.91. The van der Waals surface area contributed by atoms with Gasteiger partial charge in [0.25, 0.3) is 0 Å². The van der Waals surface area contributed by atoms with Crippen molar-refractivity contribution in [3.05, 3.63) is 12.2 Å². The molecule has 76 valence electrons. The lowest BCUT2D eigenvalue weighted by Gasteiger charge is -2.34. The fourth-order valence-corrected chi connectivity index (χ4v) is 2.47. The number of fused-ring (bicyclic) bond motifs is 2. The first-order chi connectivity index (χ1) is 6.74. The fraction of sp³-hybridized carbons (Fsp3) is 0.636. The number of carbonyl (C=O) groups is 2. The number of allylic oxidation sites excluding steroid dienone is 2. The second-order valence-corrected chi connectivity index (χ2v) is 3.99. The zero-order valence-electron chi connectivity index (χ0n) is 8.23. The summed E-state index contributed by atoms with van der Waals surface area (Å²) in [5.74, 6) is -0.249. The number of hydrogen-bond donors (Lipinski definition) is 0. The molecule has 3 heteroatoms. The SMILES string of the molecule is COC(=O)C1CC[C@@H]2C=CC[C@H]1C2=O. The van der Waals surface area contributed by atoms with Crippen molar-refractivity contribution in [2.75, 3.05) is 7.11 Å². The highest BCUT2D eigenvalue weighted by Crippen LogP contribution is 2.37. The number of ether oxygens (including phenoxy) is 1. The molecule has 0 spiro atoms. The van der Waals surface area contributed by atoms with Crippen molar-refractivity contribution in [3.8, 4) is 0 Å². The standard InChI is InChI=1S/C11H14O3/c1-14-11(13)9-6-5-7-3-2-4-8(9)10(7)12/h2-3,7-9H,4-6H2,1H3/t7-,8+,9?/m0/s1. The molecule has 0 aromatic heterocycles. The van der Waals surface area contributed by atoms with Crippen LogP contribution < -0.4 is 0 Å². The normalized spacial score (nSPS) is 35.5. The Kier molecular flexibility index (Phi) is 2.40. The molecule has 2 aliphatic rings. The number of Topliss-reactive ketones (excluding diaryl/α,β-unsaturated/α-hetero) is 1. The van der Waals surface area contributed by atoms with Crippen molar-refractivity contribution < 1.29 is 14.3 Å². The summed E-state index contributed by atoms with van der Waals surface area (Å²) in [6.07, 6.45) is 6.29. The average Bonchev–Trinajstić information content (AvgIpc) is 2.17. The van der Waals surface area contributed by atoms with Crippen molar-refractivity contribution >= 4 is 11.8 Å². The number of carbonyl (C=O) groups excluding carboxylic acids is 2. The smallest absolute Gasteiger partial charge is 0.309 e. The summed E-state index contributed by atoms with van der Waals surface area (Å²) in [4.78, 5) is 23.2. The first-order valence-corrected chi connectivity index (χ1v) is 5.02. The van der Waals surface area contributed by atoms with E-state index in [0.29, 0.717) is 6.42 Å². The van der Waals surface area contributed by atoms with Gasteiger partial charge < -0.3 is 4.74 Å². The molecule has 14 heavy (non-hydrogen) atoms. The predicted octanol–water partition coefficient (Wildman–Crippen LogP) is 1.33. The van der Waals surface area contributed by atoms with Crippen LogP contribution in [-0.2, 0) is 14.3 Å². The summed E-state index contributed by atoms with van der Waals surface area (Å²) in [6.45, 7) is 0. The van der Waals surface area contributed by atoms with E-state index in [0.717, 1.165) is 12.8 Å². The molecule has 0 heterocycles. The summed E-state index contributed by atoms with van der Waals surface area (Å²) in [6, 6.07) is 0. The van der Waals surface area contributed by atoms with Crippen molar-refractivity contribution in [3.63, 3.8) is 0 Å². The monoisotopic (exact) mass is 194 g/mol. The van der Waals surface area contributed by atoms with E-state index < -0.39 is 0 Å². The van der Waals surface area contributed by atoms with E-state index in [1.807, 2.05) is 12.2 Å². The van der Waals surface area contributed by atoms with Gasteiger partial charge in [-0.3, -0.25) is 9.59 Å². The van der Waals surface area contributed by atoms with Gasteiger partial charge in [-0.25, -0.2) is 0 Å². The van der Waals surface area contributed by atoms with E-state index in [4.69, 9.17) is 4.74 Å². The van der Waals surface area contributed by atoms with Gasteiger partial charge >= 0.3 is 5.97 Å². The number of hydrogen-bond acceptors (Lipinski definition) is 3.